The lowest BCUT2D eigenvalue weighted by molar-refractivity contribution is -0.0860. The summed E-state index contributed by atoms with van der Waals surface area (Å²) < 4.78 is 0. The fourth-order valence-electron chi connectivity index (χ4n) is 2.29. The summed E-state index contributed by atoms with van der Waals surface area (Å²) in [4.78, 5) is 17.7. The van der Waals surface area contributed by atoms with Crippen molar-refractivity contribution in [3.63, 3.8) is 0 Å². The van der Waals surface area contributed by atoms with Gasteiger partial charge in [-0.2, -0.15) is 0 Å². The van der Waals surface area contributed by atoms with Crippen LogP contribution in [0.4, 0.5) is 0 Å². The van der Waals surface area contributed by atoms with Gasteiger partial charge in [-0.3, -0.25) is 9.78 Å². The molecule has 0 unspecified atom stereocenters. The molecule has 1 N–H and O–H groups in total. The molecule has 17 heavy (non-hydrogen) atoms. The third-order valence-corrected chi connectivity index (χ3v) is 3.09. The lowest BCUT2D eigenvalue weighted by Gasteiger charge is -2.46. The number of pyridine rings is 1. The SMILES string of the molecule is CCCC1(O)CN(C(=O)c2cncc(C)c2)C1. The summed E-state index contributed by atoms with van der Waals surface area (Å²) in [6.45, 7) is 4.82. The Hall–Kier alpha value is -1.42. The molecule has 0 saturated carbocycles. The molecule has 1 fully saturated rings. The molecule has 1 aromatic rings. The maximum Gasteiger partial charge on any atom is 0.255 e. The molecule has 1 saturated heterocycles. The molecular formula is C13H18N2O2. The first-order chi connectivity index (χ1) is 8.04. The van der Waals surface area contributed by atoms with Crippen LogP contribution in [0, 0.1) is 6.92 Å². The Labute approximate surface area is 101 Å². The average Bonchev–Trinajstić information content (AvgIpc) is 2.25. The summed E-state index contributed by atoms with van der Waals surface area (Å²) in [7, 11) is 0. The van der Waals surface area contributed by atoms with E-state index < -0.39 is 5.60 Å². The van der Waals surface area contributed by atoms with E-state index in [1.807, 2.05) is 19.9 Å². The summed E-state index contributed by atoms with van der Waals surface area (Å²) in [5, 5.41) is 10.0. The molecule has 0 radical (unpaired) electrons. The highest BCUT2D eigenvalue weighted by Gasteiger charge is 2.42. The van der Waals surface area contributed by atoms with Crippen LogP contribution >= 0.6 is 0 Å². The van der Waals surface area contributed by atoms with E-state index in [0.717, 1.165) is 18.4 Å². The van der Waals surface area contributed by atoms with Gasteiger partial charge in [-0.05, 0) is 25.0 Å². The predicted molar refractivity (Wildman–Crippen MR) is 64.7 cm³/mol. The summed E-state index contributed by atoms with van der Waals surface area (Å²) in [6.07, 6.45) is 4.99. The average molecular weight is 234 g/mol. The van der Waals surface area contributed by atoms with Gasteiger partial charge in [-0.15, -0.1) is 0 Å². The molecule has 0 spiro atoms. The van der Waals surface area contributed by atoms with Crippen LogP contribution in [0.5, 0.6) is 0 Å². The topological polar surface area (TPSA) is 53.4 Å². The number of rotatable bonds is 3. The molecule has 1 aliphatic heterocycles. The molecule has 4 nitrogen and oxygen atoms in total. The molecule has 92 valence electrons. The molecule has 2 rings (SSSR count). The smallest absolute Gasteiger partial charge is 0.255 e. The highest BCUT2D eigenvalue weighted by Crippen LogP contribution is 2.27. The Morgan fingerprint density at radius 3 is 2.82 bits per heavy atom. The van der Waals surface area contributed by atoms with Crippen molar-refractivity contribution in [3.05, 3.63) is 29.6 Å². The Kier molecular flexibility index (Phi) is 3.15. The first-order valence-corrected chi connectivity index (χ1v) is 5.97. The number of carbonyl (C=O) groups excluding carboxylic acids is 1. The van der Waals surface area contributed by atoms with Crippen molar-refractivity contribution >= 4 is 5.91 Å². The van der Waals surface area contributed by atoms with Gasteiger partial charge in [0.15, 0.2) is 0 Å². The number of aromatic nitrogens is 1. The van der Waals surface area contributed by atoms with E-state index in [0.29, 0.717) is 18.7 Å². The molecule has 0 aliphatic carbocycles. The number of hydrogen-bond donors (Lipinski definition) is 1. The van der Waals surface area contributed by atoms with E-state index in [4.69, 9.17) is 0 Å². The summed E-state index contributed by atoms with van der Waals surface area (Å²) in [5.41, 5.74) is 0.908. The summed E-state index contributed by atoms with van der Waals surface area (Å²) in [5.74, 6) is -0.0398. The van der Waals surface area contributed by atoms with Crippen LogP contribution in [0.2, 0.25) is 0 Å². The van der Waals surface area contributed by atoms with Gasteiger partial charge in [-0.1, -0.05) is 13.3 Å². The van der Waals surface area contributed by atoms with Crippen molar-refractivity contribution in [2.75, 3.05) is 13.1 Å². The van der Waals surface area contributed by atoms with Gasteiger partial charge in [0.05, 0.1) is 24.3 Å². The highest BCUT2D eigenvalue weighted by molar-refractivity contribution is 5.94. The number of hydrogen-bond acceptors (Lipinski definition) is 3. The van der Waals surface area contributed by atoms with Gasteiger partial charge in [0.1, 0.15) is 0 Å². The maximum atomic E-state index is 12.0. The largest absolute Gasteiger partial charge is 0.386 e. The number of likely N-dealkylation sites (tertiary alicyclic amines) is 1. The van der Waals surface area contributed by atoms with Crippen LogP contribution in [0.15, 0.2) is 18.5 Å². The molecule has 4 heteroatoms. The molecule has 1 amide bonds. The van der Waals surface area contributed by atoms with Crippen molar-refractivity contribution < 1.29 is 9.90 Å². The number of nitrogens with zero attached hydrogens (tertiary/aromatic N) is 2. The quantitative estimate of drug-likeness (QED) is 0.859. The second-order valence-corrected chi connectivity index (χ2v) is 4.89. The maximum absolute atomic E-state index is 12.0. The van der Waals surface area contributed by atoms with E-state index in [9.17, 15) is 9.90 Å². The van der Waals surface area contributed by atoms with E-state index >= 15 is 0 Å². The number of amides is 1. The van der Waals surface area contributed by atoms with Crippen molar-refractivity contribution in [2.45, 2.75) is 32.3 Å². The second kappa shape index (κ2) is 4.45. The number of β-amino-alcohol motifs (C(OH)–C–C–N with tert-alkyl or cyclic N) is 1. The lowest BCUT2D eigenvalue weighted by Crippen LogP contribution is -2.63. The van der Waals surface area contributed by atoms with Gasteiger partial charge < -0.3 is 10.0 Å². The Balaban J connectivity index is 2.00. The fourth-order valence-corrected chi connectivity index (χ4v) is 2.29. The summed E-state index contributed by atoms with van der Waals surface area (Å²) in [6, 6.07) is 1.83. The molecule has 0 bridgehead atoms. The van der Waals surface area contributed by atoms with Crippen molar-refractivity contribution in [1.82, 2.24) is 9.88 Å². The lowest BCUT2D eigenvalue weighted by atomic mass is 9.89. The van der Waals surface area contributed by atoms with Crippen LogP contribution in [0.3, 0.4) is 0 Å². The molecular weight excluding hydrogens is 216 g/mol. The zero-order valence-electron chi connectivity index (χ0n) is 10.3. The van der Waals surface area contributed by atoms with Crippen molar-refractivity contribution in [1.29, 1.82) is 0 Å². The van der Waals surface area contributed by atoms with Gasteiger partial charge >= 0.3 is 0 Å². The van der Waals surface area contributed by atoms with Gasteiger partial charge in [0.2, 0.25) is 0 Å². The van der Waals surface area contributed by atoms with Crippen LogP contribution < -0.4 is 0 Å². The first-order valence-electron chi connectivity index (χ1n) is 5.97. The molecule has 0 aromatic carbocycles. The number of aryl methyl sites for hydroxylation is 1. The minimum absolute atomic E-state index is 0.0398. The zero-order valence-corrected chi connectivity index (χ0v) is 10.3. The van der Waals surface area contributed by atoms with Crippen LogP contribution in [0.1, 0.15) is 35.7 Å². The minimum Gasteiger partial charge on any atom is -0.386 e. The Morgan fingerprint density at radius 1 is 1.53 bits per heavy atom. The molecule has 0 atom stereocenters. The first kappa shape index (κ1) is 12.0. The Morgan fingerprint density at radius 2 is 2.24 bits per heavy atom. The van der Waals surface area contributed by atoms with Crippen molar-refractivity contribution in [2.24, 2.45) is 0 Å². The van der Waals surface area contributed by atoms with Crippen molar-refractivity contribution in [3.8, 4) is 0 Å². The van der Waals surface area contributed by atoms with Crippen LogP contribution in [-0.2, 0) is 0 Å². The standard InChI is InChI=1S/C13H18N2O2/c1-3-4-13(17)8-15(9-13)12(16)11-5-10(2)6-14-7-11/h5-7,17H,3-4,8-9H2,1-2H3. The Bertz CT molecular complexity index is 425. The zero-order chi connectivity index (χ0) is 12.5. The van der Waals surface area contributed by atoms with Crippen LogP contribution in [-0.4, -0.2) is 39.6 Å². The fraction of sp³-hybridized carbons (Fsp3) is 0.538. The van der Waals surface area contributed by atoms with Gasteiger partial charge in [0, 0.05) is 12.4 Å². The van der Waals surface area contributed by atoms with E-state index in [1.165, 1.54) is 0 Å². The molecule has 2 heterocycles. The number of carbonyl (C=O) groups is 1. The highest BCUT2D eigenvalue weighted by atomic mass is 16.3. The predicted octanol–water partition coefficient (Wildman–Crippen LogP) is 1.38. The second-order valence-electron chi connectivity index (χ2n) is 4.89. The molecule has 1 aliphatic rings. The normalized spacial score (nSPS) is 17.7. The van der Waals surface area contributed by atoms with Gasteiger partial charge in [-0.25, -0.2) is 0 Å². The van der Waals surface area contributed by atoms with Crippen LogP contribution in [0.25, 0.3) is 0 Å². The van der Waals surface area contributed by atoms with E-state index in [2.05, 4.69) is 4.98 Å². The number of aliphatic hydroxyl groups is 1. The van der Waals surface area contributed by atoms with E-state index in [-0.39, 0.29) is 5.91 Å². The monoisotopic (exact) mass is 234 g/mol. The van der Waals surface area contributed by atoms with Gasteiger partial charge in [0.25, 0.3) is 5.91 Å². The summed E-state index contributed by atoms with van der Waals surface area (Å²) >= 11 is 0. The third kappa shape index (κ3) is 2.47. The molecule has 1 aromatic heterocycles. The third-order valence-electron chi connectivity index (χ3n) is 3.09. The van der Waals surface area contributed by atoms with E-state index in [1.54, 1.807) is 17.3 Å². The minimum atomic E-state index is -0.665.